The van der Waals surface area contributed by atoms with E-state index < -0.39 is 11.5 Å². The zero-order chi connectivity index (χ0) is 19.5. The molecule has 1 fully saturated rings. The quantitative estimate of drug-likeness (QED) is 0.666. The molecule has 1 saturated carbocycles. The fourth-order valence-electron chi connectivity index (χ4n) is 3.45. The lowest BCUT2D eigenvalue weighted by atomic mass is 10.1. The minimum Gasteiger partial charge on any atom is -0.493 e. The van der Waals surface area contributed by atoms with Crippen LogP contribution in [0.3, 0.4) is 0 Å². The second-order valence-electron chi connectivity index (χ2n) is 6.83. The van der Waals surface area contributed by atoms with E-state index in [2.05, 4.69) is 5.32 Å². The van der Waals surface area contributed by atoms with E-state index in [0.717, 1.165) is 25.7 Å². The number of ether oxygens (including phenoxy) is 2. The standard InChI is InChI=1S/C22H21NO5/c1-26-19-11-10-15(13-20(19)27-16-7-3-4-8-16)23-21(24)17-12-14-6-2-5-9-18(14)28-22(17)25/h2,5-6,9-13,16H,3-4,7-8H2,1H3,(H,23,24). The molecule has 1 heterocycles. The van der Waals surface area contributed by atoms with Crippen molar-refractivity contribution >= 4 is 22.6 Å². The zero-order valence-corrected chi connectivity index (χ0v) is 15.6. The highest BCUT2D eigenvalue weighted by Gasteiger charge is 2.20. The van der Waals surface area contributed by atoms with E-state index in [-0.39, 0.29) is 11.7 Å². The van der Waals surface area contributed by atoms with Gasteiger partial charge in [-0.05, 0) is 49.9 Å². The van der Waals surface area contributed by atoms with E-state index in [1.807, 2.05) is 6.07 Å². The number of methoxy groups -OCH3 is 1. The number of carbonyl (C=O) groups is 1. The molecular formula is C22H21NO5. The lowest BCUT2D eigenvalue weighted by molar-refractivity contribution is 0.102. The Labute approximate surface area is 162 Å². The molecule has 0 radical (unpaired) electrons. The lowest BCUT2D eigenvalue weighted by Crippen LogP contribution is -2.20. The molecule has 1 aromatic heterocycles. The summed E-state index contributed by atoms with van der Waals surface area (Å²) in [6.07, 6.45) is 4.49. The van der Waals surface area contributed by atoms with Crippen LogP contribution in [0.25, 0.3) is 11.0 Å². The van der Waals surface area contributed by atoms with Crippen LogP contribution in [0.5, 0.6) is 11.5 Å². The van der Waals surface area contributed by atoms with Crippen molar-refractivity contribution in [2.24, 2.45) is 0 Å². The smallest absolute Gasteiger partial charge is 0.349 e. The van der Waals surface area contributed by atoms with Gasteiger partial charge in [0.1, 0.15) is 11.1 Å². The molecule has 0 aliphatic heterocycles. The van der Waals surface area contributed by atoms with Gasteiger partial charge in [-0.2, -0.15) is 0 Å². The Bertz CT molecular complexity index is 1070. The molecule has 2 aromatic carbocycles. The predicted octanol–water partition coefficient (Wildman–Crippen LogP) is 4.38. The molecule has 0 saturated heterocycles. The van der Waals surface area contributed by atoms with Gasteiger partial charge in [-0.25, -0.2) is 4.79 Å². The van der Waals surface area contributed by atoms with Gasteiger partial charge >= 0.3 is 5.63 Å². The largest absolute Gasteiger partial charge is 0.493 e. The summed E-state index contributed by atoms with van der Waals surface area (Å²) in [5.74, 6) is 0.657. The van der Waals surface area contributed by atoms with Crippen LogP contribution in [0, 0.1) is 0 Å². The Balaban J connectivity index is 1.59. The highest BCUT2D eigenvalue weighted by Crippen LogP contribution is 2.34. The molecule has 0 unspecified atom stereocenters. The van der Waals surface area contributed by atoms with Crippen LogP contribution >= 0.6 is 0 Å². The normalized spacial score (nSPS) is 14.2. The number of fused-ring (bicyclic) bond motifs is 1. The van der Waals surface area contributed by atoms with Crippen molar-refractivity contribution in [1.29, 1.82) is 0 Å². The van der Waals surface area contributed by atoms with Crippen LogP contribution in [0.1, 0.15) is 36.0 Å². The summed E-state index contributed by atoms with van der Waals surface area (Å²) in [6, 6.07) is 13.8. The maximum Gasteiger partial charge on any atom is 0.349 e. The maximum atomic E-state index is 12.6. The Kier molecular flexibility index (Phi) is 5.02. The van der Waals surface area contributed by atoms with Gasteiger partial charge in [-0.15, -0.1) is 0 Å². The minimum atomic E-state index is -0.674. The average Bonchev–Trinajstić information content (AvgIpc) is 3.20. The number of hydrogen-bond donors (Lipinski definition) is 1. The van der Waals surface area contributed by atoms with E-state index in [1.165, 1.54) is 6.07 Å². The topological polar surface area (TPSA) is 77.8 Å². The van der Waals surface area contributed by atoms with Crippen molar-refractivity contribution in [3.05, 3.63) is 64.5 Å². The summed E-state index contributed by atoms with van der Waals surface area (Å²) in [5, 5.41) is 3.43. The van der Waals surface area contributed by atoms with Crippen LogP contribution in [-0.2, 0) is 0 Å². The molecule has 144 valence electrons. The summed E-state index contributed by atoms with van der Waals surface area (Å²) in [6.45, 7) is 0. The molecule has 1 aliphatic carbocycles. The van der Waals surface area contributed by atoms with Gasteiger partial charge in [0.25, 0.3) is 5.91 Å². The molecule has 0 atom stereocenters. The zero-order valence-electron chi connectivity index (χ0n) is 15.6. The molecule has 6 nitrogen and oxygen atoms in total. The molecule has 6 heteroatoms. The van der Waals surface area contributed by atoms with Gasteiger partial charge in [0.05, 0.1) is 13.2 Å². The second-order valence-corrected chi connectivity index (χ2v) is 6.83. The first-order valence-corrected chi connectivity index (χ1v) is 9.33. The molecule has 3 aromatic rings. The van der Waals surface area contributed by atoms with Crippen LogP contribution in [-0.4, -0.2) is 19.1 Å². The van der Waals surface area contributed by atoms with Crippen LogP contribution in [0.4, 0.5) is 5.69 Å². The first-order valence-electron chi connectivity index (χ1n) is 9.33. The number of para-hydroxylation sites is 1. The highest BCUT2D eigenvalue weighted by atomic mass is 16.5. The van der Waals surface area contributed by atoms with Crippen LogP contribution < -0.4 is 20.4 Å². The average molecular weight is 379 g/mol. The summed E-state index contributed by atoms with van der Waals surface area (Å²) >= 11 is 0. The van der Waals surface area contributed by atoms with Crippen molar-refractivity contribution in [1.82, 2.24) is 0 Å². The molecule has 1 amide bonds. The molecule has 4 rings (SSSR count). The van der Waals surface area contributed by atoms with Gasteiger partial charge in [0.2, 0.25) is 0 Å². The van der Waals surface area contributed by atoms with Crippen molar-refractivity contribution in [3.63, 3.8) is 0 Å². The predicted molar refractivity (Wildman–Crippen MR) is 106 cm³/mol. The SMILES string of the molecule is COc1ccc(NC(=O)c2cc3ccccc3oc2=O)cc1OC1CCCC1. The third-order valence-electron chi connectivity index (χ3n) is 4.90. The van der Waals surface area contributed by atoms with E-state index >= 15 is 0 Å². The van der Waals surface area contributed by atoms with Gasteiger partial charge in [-0.3, -0.25) is 4.79 Å². The molecule has 0 spiro atoms. The Morgan fingerprint density at radius 3 is 2.64 bits per heavy atom. The van der Waals surface area contributed by atoms with Crippen molar-refractivity contribution in [3.8, 4) is 11.5 Å². The third-order valence-corrected chi connectivity index (χ3v) is 4.90. The Hall–Kier alpha value is -3.28. The van der Waals surface area contributed by atoms with Crippen LogP contribution in [0.2, 0.25) is 0 Å². The number of hydrogen-bond acceptors (Lipinski definition) is 5. The number of anilines is 1. The lowest BCUT2D eigenvalue weighted by Gasteiger charge is -2.17. The van der Waals surface area contributed by atoms with E-state index in [1.54, 1.807) is 43.5 Å². The summed E-state index contributed by atoms with van der Waals surface area (Å²) in [5.41, 5.74) is 0.243. The summed E-state index contributed by atoms with van der Waals surface area (Å²) in [7, 11) is 1.58. The summed E-state index contributed by atoms with van der Waals surface area (Å²) < 4.78 is 16.7. The molecule has 0 bridgehead atoms. The van der Waals surface area contributed by atoms with Crippen molar-refractivity contribution in [2.45, 2.75) is 31.8 Å². The van der Waals surface area contributed by atoms with Crippen LogP contribution in [0.15, 0.2) is 57.7 Å². The molecular weight excluding hydrogens is 358 g/mol. The fourth-order valence-corrected chi connectivity index (χ4v) is 3.45. The second kappa shape index (κ2) is 7.76. The first kappa shape index (κ1) is 18.1. The van der Waals surface area contributed by atoms with Gasteiger partial charge in [0.15, 0.2) is 11.5 Å². The number of carbonyl (C=O) groups excluding carboxylic acids is 1. The fraction of sp³-hybridized carbons (Fsp3) is 0.273. The highest BCUT2D eigenvalue weighted by molar-refractivity contribution is 6.05. The van der Waals surface area contributed by atoms with Gasteiger partial charge < -0.3 is 19.2 Å². The Morgan fingerprint density at radius 2 is 1.86 bits per heavy atom. The third kappa shape index (κ3) is 3.71. The molecule has 28 heavy (non-hydrogen) atoms. The summed E-state index contributed by atoms with van der Waals surface area (Å²) in [4.78, 5) is 24.8. The number of nitrogens with one attached hydrogen (secondary N) is 1. The molecule has 1 N–H and O–H groups in total. The first-order chi connectivity index (χ1) is 13.6. The number of rotatable bonds is 5. The minimum absolute atomic E-state index is 0.0484. The maximum absolute atomic E-state index is 12.6. The van der Waals surface area contributed by atoms with E-state index in [9.17, 15) is 9.59 Å². The number of amides is 1. The van der Waals surface area contributed by atoms with Crippen molar-refractivity contribution < 1.29 is 18.7 Å². The van der Waals surface area contributed by atoms with E-state index in [0.29, 0.717) is 28.2 Å². The Morgan fingerprint density at radius 1 is 1.07 bits per heavy atom. The monoisotopic (exact) mass is 379 g/mol. The van der Waals surface area contributed by atoms with E-state index in [4.69, 9.17) is 13.9 Å². The molecule has 1 aliphatic rings. The van der Waals surface area contributed by atoms with Gasteiger partial charge in [0, 0.05) is 17.1 Å². The van der Waals surface area contributed by atoms with Crippen molar-refractivity contribution in [2.75, 3.05) is 12.4 Å². The van der Waals surface area contributed by atoms with Gasteiger partial charge in [-0.1, -0.05) is 18.2 Å². The number of benzene rings is 2.